The van der Waals surface area contributed by atoms with Crippen LogP contribution < -0.4 is 21.0 Å². The lowest BCUT2D eigenvalue weighted by Crippen LogP contribution is -2.35. The number of aromatic nitrogens is 1. The van der Waals surface area contributed by atoms with Crippen LogP contribution in [0.1, 0.15) is 35.7 Å². The molecule has 160 valence electrons. The van der Waals surface area contributed by atoms with Gasteiger partial charge in [-0.3, -0.25) is 14.4 Å². The van der Waals surface area contributed by atoms with Crippen LogP contribution in [0.15, 0.2) is 64.5 Å². The van der Waals surface area contributed by atoms with Crippen LogP contribution in [0.4, 0.5) is 0 Å². The lowest BCUT2D eigenvalue weighted by molar-refractivity contribution is -0.120. The zero-order valence-electron chi connectivity index (χ0n) is 17.2. The number of carbonyl (C=O) groups is 2. The third-order valence-electron chi connectivity index (χ3n) is 4.47. The van der Waals surface area contributed by atoms with Crippen molar-refractivity contribution >= 4 is 28.9 Å². The Kier molecular flexibility index (Phi) is 7.53. The first-order valence-corrected chi connectivity index (χ1v) is 10.0. The Bertz CT molecular complexity index is 1140. The average molecular weight is 420 g/mol. The van der Waals surface area contributed by atoms with E-state index in [1.54, 1.807) is 36.4 Å². The lowest BCUT2D eigenvalue weighted by Gasteiger charge is -2.07. The minimum atomic E-state index is -0.513. The quantitative estimate of drug-likeness (QED) is 0.281. The molecule has 0 fully saturated rings. The third-order valence-corrected chi connectivity index (χ3v) is 4.47. The van der Waals surface area contributed by atoms with E-state index in [1.165, 1.54) is 6.21 Å². The fourth-order valence-corrected chi connectivity index (χ4v) is 2.77. The van der Waals surface area contributed by atoms with E-state index in [4.69, 9.17) is 4.74 Å². The Morgan fingerprint density at radius 3 is 2.68 bits per heavy atom. The average Bonchev–Trinajstić information content (AvgIpc) is 2.78. The van der Waals surface area contributed by atoms with Crippen molar-refractivity contribution in [2.75, 3.05) is 13.2 Å². The topological polar surface area (TPSA) is 113 Å². The highest BCUT2D eigenvalue weighted by Gasteiger charge is 2.08. The van der Waals surface area contributed by atoms with Crippen molar-refractivity contribution in [2.45, 2.75) is 19.8 Å². The minimum Gasteiger partial charge on any atom is -0.494 e. The molecule has 0 bridgehead atoms. The van der Waals surface area contributed by atoms with Crippen LogP contribution in [0.25, 0.3) is 10.9 Å². The zero-order valence-corrected chi connectivity index (χ0v) is 17.2. The zero-order chi connectivity index (χ0) is 22.1. The Labute approximate surface area is 179 Å². The molecular weight excluding hydrogens is 396 g/mol. The number of hydrazone groups is 1. The highest BCUT2D eigenvalue weighted by Crippen LogP contribution is 2.12. The van der Waals surface area contributed by atoms with E-state index in [1.807, 2.05) is 18.2 Å². The van der Waals surface area contributed by atoms with Crippen molar-refractivity contribution in [1.29, 1.82) is 0 Å². The SMILES string of the molecule is CCCCOc1ccc(C(=O)NCC(=O)N/N=C/c2cc3ccccc3[nH]c2=O)cc1. The van der Waals surface area contributed by atoms with Crippen LogP contribution in [0.3, 0.4) is 0 Å². The number of pyridine rings is 1. The molecule has 0 atom stereocenters. The van der Waals surface area contributed by atoms with Gasteiger partial charge in [0.25, 0.3) is 17.4 Å². The fraction of sp³-hybridized carbons (Fsp3) is 0.217. The van der Waals surface area contributed by atoms with Crippen LogP contribution in [0.5, 0.6) is 5.75 Å². The van der Waals surface area contributed by atoms with Crippen LogP contribution in [0, 0.1) is 0 Å². The summed E-state index contributed by atoms with van der Waals surface area (Å²) in [5.41, 5.74) is 3.43. The van der Waals surface area contributed by atoms with Gasteiger partial charge < -0.3 is 15.0 Å². The lowest BCUT2D eigenvalue weighted by atomic mass is 10.2. The van der Waals surface area contributed by atoms with Crippen molar-refractivity contribution in [1.82, 2.24) is 15.7 Å². The number of H-pyrrole nitrogens is 1. The van der Waals surface area contributed by atoms with Gasteiger partial charge in [-0.15, -0.1) is 0 Å². The van der Waals surface area contributed by atoms with Gasteiger partial charge in [-0.25, -0.2) is 5.43 Å². The predicted molar refractivity (Wildman–Crippen MR) is 119 cm³/mol. The highest BCUT2D eigenvalue weighted by molar-refractivity contribution is 5.96. The Morgan fingerprint density at radius 2 is 1.90 bits per heavy atom. The summed E-state index contributed by atoms with van der Waals surface area (Å²) >= 11 is 0. The molecule has 1 aromatic heterocycles. The minimum absolute atomic E-state index is 0.251. The van der Waals surface area contributed by atoms with Gasteiger partial charge in [-0.05, 0) is 48.2 Å². The Morgan fingerprint density at radius 1 is 1.13 bits per heavy atom. The molecule has 0 unspecified atom stereocenters. The second-order valence-corrected chi connectivity index (χ2v) is 6.84. The third kappa shape index (κ3) is 6.27. The molecule has 0 saturated heterocycles. The second-order valence-electron chi connectivity index (χ2n) is 6.84. The molecule has 0 radical (unpaired) electrons. The molecule has 2 aromatic carbocycles. The van der Waals surface area contributed by atoms with Gasteiger partial charge in [-0.1, -0.05) is 31.5 Å². The number of benzene rings is 2. The van der Waals surface area contributed by atoms with Crippen molar-refractivity contribution in [2.24, 2.45) is 5.10 Å². The molecule has 31 heavy (non-hydrogen) atoms. The number of unbranched alkanes of at least 4 members (excludes halogenated alkanes) is 1. The van der Waals surface area contributed by atoms with Gasteiger partial charge in [0.1, 0.15) is 5.75 Å². The summed E-state index contributed by atoms with van der Waals surface area (Å²) in [7, 11) is 0. The molecule has 0 aliphatic rings. The maximum absolute atomic E-state index is 12.2. The van der Waals surface area contributed by atoms with Gasteiger partial charge in [0.2, 0.25) is 0 Å². The van der Waals surface area contributed by atoms with Gasteiger partial charge in [0.05, 0.1) is 24.9 Å². The van der Waals surface area contributed by atoms with Crippen molar-refractivity contribution < 1.29 is 14.3 Å². The molecule has 3 N–H and O–H groups in total. The summed E-state index contributed by atoms with van der Waals surface area (Å²) in [4.78, 5) is 38.9. The number of para-hydroxylation sites is 1. The maximum atomic E-state index is 12.2. The van der Waals surface area contributed by atoms with Gasteiger partial charge >= 0.3 is 0 Å². The van der Waals surface area contributed by atoms with Crippen LogP contribution in [0.2, 0.25) is 0 Å². The van der Waals surface area contributed by atoms with Gasteiger partial charge in [0, 0.05) is 11.1 Å². The number of amides is 2. The Hall–Kier alpha value is -3.94. The van der Waals surface area contributed by atoms with Crippen LogP contribution >= 0.6 is 0 Å². The molecule has 2 amide bonds. The molecule has 8 nitrogen and oxygen atoms in total. The summed E-state index contributed by atoms with van der Waals surface area (Å²) in [6.45, 7) is 2.47. The molecular formula is C23H24N4O4. The standard InChI is InChI=1S/C23H24N4O4/c1-2-3-12-31-19-10-8-16(9-11-19)22(29)24-15-21(28)27-25-14-18-13-17-6-4-5-7-20(17)26-23(18)30/h4-11,13-14H,2-3,12,15H2,1H3,(H,24,29)(H,26,30)(H,27,28)/b25-14+. The fourth-order valence-electron chi connectivity index (χ4n) is 2.77. The van der Waals surface area contributed by atoms with Gasteiger partial charge in [-0.2, -0.15) is 5.10 Å². The number of ether oxygens (including phenoxy) is 1. The van der Waals surface area contributed by atoms with E-state index in [9.17, 15) is 14.4 Å². The number of aromatic amines is 1. The van der Waals surface area contributed by atoms with Crippen LogP contribution in [-0.4, -0.2) is 36.2 Å². The summed E-state index contributed by atoms with van der Waals surface area (Å²) < 4.78 is 5.56. The van der Waals surface area contributed by atoms with Crippen molar-refractivity contribution in [3.8, 4) is 5.75 Å². The summed E-state index contributed by atoms with van der Waals surface area (Å²) in [5.74, 6) is -0.202. The molecule has 3 rings (SSSR count). The van der Waals surface area contributed by atoms with E-state index in [0.717, 1.165) is 23.7 Å². The summed E-state index contributed by atoms with van der Waals surface area (Å²) in [6, 6.07) is 15.7. The summed E-state index contributed by atoms with van der Waals surface area (Å²) in [6.07, 6.45) is 3.28. The van der Waals surface area contributed by atoms with Crippen LogP contribution in [-0.2, 0) is 4.79 Å². The number of hydrogen-bond acceptors (Lipinski definition) is 5. The number of hydrogen-bond donors (Lipinski definition) is 3. The number of rotatable bonds is 9. The first kappa shape index (κ1) is 21.8. The molecule has 8 heteroatoms. The first-order valence-electron chi connectivity index (χ1n) is 10.0. The Balaban J connectivity index is 1.48. The number of fused-ring (bicyclic) bond motifs is 1. The maximum Gasteiger partial charge on any atom is 0.259 e. The molecule has 0 saturated carbocycles. The highest BCUT2D eigenvalue weighted by atomic mass is 16.5. The van der Waals surface area contributed by atoms with Crippen molar-refractivity contribution in [3.63, 3.8) is 0 Å². The van der Waals surface area contributed by atoms with Crippen molar-refractivity contribution in [3.05, 3.63) is 76.1 Å². The van der Waals surface area contributed by atoms with Gasteiger partial charge in [0.15, 0.2) is 0 Å². The molecule has 0 aliphatic carbocycles. The van der Waals surface area contributed by atoms with E-state index in [2.05, 4.69) is 27.8 Å². The molecule has 3 aromatic rings. The number of carbonyl (C=O) groups excluding carboxylic acids is 2. The number of nitrogens with zero attached hydrogens (tertiary/aromatic N) is 1. The smallest absolute Gasteiger partial charge is 0.259 e. The first-order chi connectivity index (χ1) is 15.1. The summed E-state index contributed by atoms with van der Waals surface area (Å²) in [5, 5.41) is 7.17. The molecule has 0 aliphatic heterocycles. The van der Waals surface area contributed by atoms with E-state index in [-0.39, 0.29) is 18.0 Å². The van der Waals surface area contributed by atoms with E-state index >= 15 is 0 Å². The number of nitrogens with one attached hydrogen (secondary N) is 3. The second kappa shape index (κ2) is 10.7. The van der Waals surface area contributed by atoms with E-state index in [0.29, 0.717) is 23.5 Å². The molecule has 1 heterocycles. The molecule has 0 spiro atoms. The normalized spacial score (nSPS) is 10.9. The largest absolute Gasteiger partial charge is 0.494 e. The van der Waals surface area contributed by atoms with E-state index < -0.39 is 5.91 Å². The monoisotopic (exact) mass is 420 g/mol. The predicted octanol–water partition coefficient (Wildman–Crippen LogP) is 2.59.